The number of rotatable bonds is 10. The van der Waals surface area contributed by atoms with E-state index in [-0.39, 0.29) is 11.9 Å². The van der Waals surface area contributed by atoms with Crippen molar-refractivity contribution in [3.8, 4) is 0 Å². The molecule has 0 amide bonds. The van der Waals surface area contributed by atoms with Crippen LogP contribution in [-0.4, -0.2) is 62.6 Å². The molecule has 6 rings (SSSR count). The highest BCUT2D eigenvalue weighted by atomic mass is 16.5. The molecule has 9 heteroatoms. The lowest BCUT2D eigenvalue weighted by Crippen LogP contribution is -2.41. The molecular formula is C31H44N6O3. The van der Waals surface area contributed by atoms with Gasteiger partial charge < -0.3 is 29.7 Å². The summed E-state index contributed by atoms with van der Waals surface area (Å²) in [5.74, 6) is 3.93. The summed E-state index contributed by atoms with van der Waals surface area (Å²) in [7, 11) is 0. The van der Waals surface area contributed by atoms with Gasteiger partial charge in [0.25, 0.3) is 0 Å². The molecule has 2 atom stereocenters. The molecule has 0 bridgehead atoms. The lowest BCUT2D eigenvalue weighted by Gasteiger charge is -2.37. The minimum Gasteiger partial charge on any atom is -0.393 e. The fourth-order valence-electron chi connectivity index (χ4n) is 6.53. The number of aliphatic hydroxyl groups is 2. The highest BCUT2D eigenvalue weighted by Crippen LogP contribution is 2.37. The van der Waals surface area contributed by atoms with Gasteiger partial charge in [-0.05, 0) is 42.6 Å². The highest BCUT2D eigenvalue weighted by Gasteiger charge is 2.32. The van der Waals surface area contributed by atoms with Gasteiger partial charge >= 0.3 is 0 Å². The minimum absolute atomic E-state index is 0.0439. The summed E-state index contributed by atoms with van der Waals surface area (Å²) >= 11 is 0. The first-order chi connectivity index (χ1) is 19.6. The van der Waals surface area contributed by atoms with Crippen LogP contribution in [0.2, 0.25) is 0 Å². The van der Waals surface area contributed by atoms with Crippen molar-refractivity contribution >= 4 is 22.9 Å². The van der Waals surface area contributed by atoms with Crippen molar-refractivity contribution in [1.82, 2.24) is 19.5 Å². The van der Waals surface area contributed by atoms with E-state index in [9.17, 15) is 10.2 Å². The maximum Gasteiger partial charge on any atom is 0.208 e. The number of imidazole rings is 1. The number of ether oxygens (including phenoxy) is 1. The van der Waals surface area contributed by atoms with Gasteiger partial charge in [-0.1, -0.05) is 69.4 Å². The number of hydrogen-bond acceptors (Lipinski definition) is 8. The number of morpholine rings is 1. The van der Waals surface area contributed by atoms with E-state index in [0.717, 1.165) is 49.4 Å². The van der Waals surface area contributed by atoms with Crippen molar-refractivity contribution in [1.29, 1.82) is 0 Å². The number of anilines is 2. The van der Waals surface area contributed by atoms with Gasteiger partial charge in [0.15, 0.2) is 17.3 Å². The number of aliphatic hydroxyl groups excluding tert-OH is 2. The van der Waals surface area contributed by atoms with Crippen LogP contribution in [-0.2, 0) is 11.3 Å². The monoisotopic (exact) mass is 548 g/mol. The molecule has 3 aromatic rings. The molecule has 0 unspecified atom stereocenters. The van der Waals surface area contributed by atoms with Gasteiger partial charge in [0.05, 0.1) is 25.9 Å². The zero-order valence-corrected chi connectivity index (χ0v) is 23.7. The third kappa shape index (κ3) is 5.83. The van der Waals surface area contributed by atoms with Crippen molar-refractivity contribution < 1.29 is 14.9 Å². The van der Waals surface area contributed by atoms with E-state index >= 15 is 0 Å². The van der Waals surface area contributed by atoms with Crippen LogP contribution in [0.25, 0.3) is 11.2 Å². The Kier molecular flexibility index (Phi) is 8.51. The molecule has 216 valence electrons. The number of benzene rings is 1. The summed E-state index contributed by atoms with van der Waals surface area (Å²) < 4.78 is 8.31. The third-order valence-electron chi connectivity index (χ3n) is 9.29. The van der Waals surface area contributed by atoms with E-state index in [4.69, 9.17) is 19.7 Å². The van der Waals surface area contributed by atoms with Crippen LogP contribution in [0, 0.1) is 17.8 Å². The van der Waals surface area contributed by atoms with Crippen LogP contribution < -0.4 is 10.2 Å². The normalized spacial score (nSPS) is 24.7. The molecular weight excluding hydrogens is 504 g/mol. The molecule has 40 heavy (non-hydrogen) atoms. The Morgan fingerprint density at radius 3 is 2.55 bits per heavy atom. The van der Waals surface area contributed by atoms with Gasteiger partial charge in [-0.25, -0.2) is 9.97 Å². The Morgan fingerprint density at radius 1 is 1.02 bits per heavy atom. The Labute approximate surface area is 237 Å². The Balaban J connectivity index is 1.43. The molecule has 3 aliphatic rings. The van der Waals surface area contributed by atoms with E-state index in [1.54, 1.807) is 0 Å². The Morgan fingerprint density at radius 2 is 1.82 bits per heavy atom. The molecule has 1 saturated heterocycles. The van der Waals surface area contributed by atoms with Gasteiger partial charge in [0.1, 0.15) is 11.6 Å². The van der Waals surface area contributed by atoms with Crippen molar-refractivity contribution in [2.45, 2.75) is 77.0 Å². The number of nitrogens with zero attached hydrogens (tertiary/aromatic N) is 5. The standard InChI is InChI=1S/C31H44N6O3/c1-21-10-12-23(13-11-21)18-37-27-29(32-15-14-22-6-5-7-22)33-28(26(39)19-38)34-30(27)35-31(37)36-16-17-40-20-25(36)24-8-3-2-4-9-24/h2-4,8-9,21-23,25-26,38-39H,5-7,10-20H2,1H3,(H,32,33,34)/t21-,23-,25-,26-/m0/s1. The summed E-state index contributed by atoms with van der Waals surface area (Å²) in [4.78, 5) is 17.0. The molecule has 0 spiro atoms. The van der Waals surface area contributed by atoms with Gasteiger partial charge in [0, 0.05) is 19.6 Å². The van der Waals surface area contributed by atoms with E-state index in [0.29, 0.717) is 30.6 Å². The lowest BCUT2D eigenvalue weighted by molar-refractivity contribution is 0.0889. The average molecular weight is 549 g/mol. The number of fused-ring (bicyclic) bond motifs is 1. The van der Waals surface area contributed by atoms with Crippen molar-refractivity contribution in [2.75, 3.05) is 43.1 Å². The molecule has 3 fully saturated rings. The van der Waals surface area contributed by atoms with E-state index in [2.05, 4.69) is 46.0 Å². The number of aromatic nitrogens is 4. The summed E-state index contributed by atoms with van der Waals surface area (Å²) in [6.07, 6.45) is 8.81. The van der Waals surface area contributed by atoms with Gasteiger partial charge in [-0.3, -0.25) is 0 Å². The first-order valence-corrected chi connectivity index (χ1v) is 15.3. The SMILES string of the molecule is C[C@H]1CC[C@H](Cn2c(N3CCOC[C@H]3c3ccccc3)nc3nc([C@@H](O)CO)nc(NCCC4CCC4)c32)CC1. The largest absolute Gasteiger partial charge is 0.393 e. The highest BCUT2D eigenvalue weighted by molar-refractivity contribution is 5.86. The quantitative estimate of drug-likeness (QED) is 0.330. The topological polar surface area (TPSA) is 109 Å². The second-order valence-corrected chi connectivity index (χ2v) is 12.2. The van der Waals surface area contributed by atoms with Gasteiger partial charge in [-0.15, -0.1) is 0 Å². The zero-order chi connectivity index (χ0) is 27.5. The van der Waals surface area contributed by atoms with E-state index < -0.39 is 12.7 Å². The molecule has 1 aromatic carbocycles. The maximum atomic E-state index is 10.5. The molecule has 9 nitrogen and oxygen atoms in total. The van der Waals surface area contributed by atoms with Crippen LogP contribution in [0.4, 0.5) is 11.8 Å². The van der Waals surface area contributed by atoms with Crippen LogP contribution in [0.1, 0.15) is 81.8 Å². The van der Waals surface area contributed by atoms with Crippen LogP contribution in [0.15, 0.2) is 30.3 Å². The fraction of sp³-hybridized carbons (Fsp3) is 0.645. The summed E-state index contributed by atoms with van der Waals surface area (Å²) in [5.41, 5.74) is 2.67. The molecule has 3 heterocycles. The molecule has 3 N–H and O–H groups in total. The molecule has 2 aromatic heterocycles. The average Bonchev–Trinajstić information content (AvgIpc) is 3.33. The van der Waals surface area contributed by atoms with Crippen molar-refractivity contribution in [3.05, 3.63) is 41.7 Å². The molecule has 2 saturated carbocycles. The van der Waals surface area contributed by atoms with Gasteiger partial charge in [0.2, 0.25) is 5.95 Å². The predicted octanol–water partition coefficient (Wildman–Crippen LogP) is 4.86. The molecule has 2 aliphatic carbocycles. The van der Waals surface area contributed by atoms with E-state index in [1.165, 1.54) is 50.5 Å². The fourth-order valence-corrected chi connectivity index (χ4v) is 6.53. The summed E-state index contributed by atoms with van der Waals surface area (Å²) in [6, 6.07) is 10.6. The Hall–Kier alpha value is -2.75. The predicted molar refractivity (Wildman–Crippen MR) is 156 cm³/mol. The van der Waals surface area contributed by atoms with Crippen LogP contribution >= 0.6 is 0 Å². The second-order valence-electron chi connectivity index (χ2n) is 12.2. The van der Waals surface area contributed by atoms with Crippen molar-refractivity contribution in [2.24, 2.45) is 17.8 Å². The Bertz CT molecular complexity index is 1250. The van der Waals surface area contributed by atoms with Crippen LogP contribution in [0.5, 0.6) is 0 Å². The molecule has 1 aliphatic heterocycles. The minimum atomic E-state index is -1.15. The second kappa shape index (κ2) is 12.4. The van der Waals surface area contributed by atoms with Gasteiger partial charge in [-0.2, -0.15) is 4.98 Å². The molecule has 0 radical (unpaired) electrons. The third-order valence-corrected chi connectivity index (χ3v) is 9.29. The summed E-state index contributed by atoms with van der Waals surface area (Å²) in [5, 5.41) is 23.8. The maximum absolute atomic E-state index is 10.5. The first kappa shape index (κ1) is 27.4. The smallest absolute Gasteiger partial charge is 0.208 e. The van der Waals surface area contributed by atoms with Crippen LogP contribution in [0.3, 0.4) is 0 Å². The first-order valence-electron chi connectivity index (χ1n) is 15.3. The van der Waals surface area contributed by atoms with Crippen molar-refractivity contribution in [3.63, 3.8) is 0 Å². The number of hydrogen-bond donors (Lipinski definition) is 3. The zero-order valence-electron chi connectivity index (χ0n) is 23.7. The van der Waals surface area contributed by atoms with E-state index in [1.807, 2.05) is 6.07 Å². The summed E-state index contributed by atoms with van der Waals surface area (Å²) in [6.45, 7) is 5.57. The lowest BCUT2D eigenvalue weighted by atomic mass is 9.83. The number of nitrogens with one attached hydrogen (secondary N) is 1.